The highest BCUT2D eigenvalue weighted by molar-refractivity contribution is 9.10. The fourth-order valence-corrected chi connectivity index (χ4v) is 2.64. The molecule has 0 amide bonds. The maximum Gasteiger partial charge on any atom is 0.111 e. The summed E-state index contributed by atoms with van der Waals surface area (Å²) in [6.45, 7) is 0.990. The van der Waals surface area contributed by atoms with E-state index in [1.54, 1.807) is 0 Å². The zero-order valence-electron chi connectivity index (χ0n) is 8.28. The smallest absolute Gasteiger partial charge is 0.111 e. The van der Waals surface area contributed by atoms with Crippen molar-refractivity contribution in [1.29, 1.82) is 0 Å². The molecule has 0 aliphatic carbocycles. The van der Waals surface area contributed by atoms with Gasteiger partial charge in [0, 0.05) is 23.5 Å². The molecule has 0 spiro atoms. The Morgan fingerprint density at radius 1 is 1.47 bits per heavy atom. The van der Waals surface area contributed by atoms with E-state index in [9.17, 15) is 0 Å². The lowest BCUT2D eigenvalue weighted by Crippen LogP contribution is -2.30. The molecule has 3 nitrogen and oxygen atoms in total. The van der Waals surface area contributed by atoms with Crippen LogP contribution in [0.5, 0.6) is 0 Å². The summed E-state index contributed by atoms with van der Waals surface area (Å²) in [5, 5.41) is 0. The van der Waals surface area contributed by atoms with Gasteiger partial charge in [0.2, 0.25) is 0 Å². The van der Waals surface area contributed by atoms with Crippen LogP contribution in [0.2, 0.25) is 0 Å². The van der Waals surface area contributed by atoms with Gasteiger partial charge in [0.15, 0.2) is 0 Å². The molecule has 2 N–H and O–H groups in total. The molecule has 0 radical (unpaired) electrons. The standard InChI is InChI=1S/C11H12BrN3/c12-8-2-1-3-9-11(8)14-10-6-7(13)4-5-15(9)10/h1-3,7H,4-6,13H2. The molecular formula is C11H12BrN3. The van der Waals surface area contributed by atoms with Crippen molar-refractivity contribution in [2.24, 2.45) is 5.73 Å². The van der Waals surface area contributed by atoms with Gasteiger partial charge in [0.1, 0.15) is 11.3 Å². The summed E-state index contributed by atoms with van der Waals surface area (Å²) in [6.07, 6.45) is 1.94. The number of nitrogens with two attached hydrogens (primary N) is 1. The minimum atomic E-state index is 0.271. The number of hydrogen-bond donors (Lipinski definition) is 1. The fourth-order valence-electron chi connectivity index (χ4n) is 2.20. The molecule has 1 aliphatic heterocycles. The van der Waals surface area contributed by atoms with Crippen LogP contribution in [0, 0.1) is 0 Å². The molecule has 78 valence electrons. The Kier molecular flexibility index (Phi) is 2.07. The number of halogens is 1. The molecule has 0 saturated carbocycles. The van der Waals surface area contributed by atoms with E-state index in [1.807, 2.05) is 6.07 Å². The van der Waals surface area contributed by atoms with Crippen molar-refractivity contribution < 1.29 is 0 Å². The predicted molar refractivity (Wildman–Crippen MR) is 63.7 cm³/mol. The van der Waals surface area contributed by atoms with Crippen molar-refractivity contribution >= 4 is 27.0 Å². The summed E-state index contributed by atoms with van der Waals surface area (Å²) in [4.78, 5) is 4.64. The molecule has 3 rings (SSSR count). The minimum Gasteiger partial charge on any atom is -0.328 e. The highest BCUT2D eigenvalue weighted by Gasteiger charge is 2.19. The maximum absolute atomic E-state index is 5.94. The van der Waals surface area contributed by atoms with Gasteiger partial charge in [-0.2, -0.15) is 0 Å². The van der Waals surface area contributed by atoms with Crippen molar-refractivity contribution in [3.8, 4) is 0 Å². The van der Waals surface area contributed by atoms with Gasteiger partial charge in [-0.1, -0.05) is 6.07 Å². The molecule has 2 aromatic rings. The molecule has 0 saturated heterocycles. The van der Waals surface area contributed by atoms with Crippen molar-refractivity contribution in [2.75, 3.05) is 0 Å². The summed E-state index contributed by atoms with van der Waals surface area (Å²) in [6, 6.07) is 6.47. The van der Waals surface area contributed by atoms with Crippen molar-refractivity contribution in [3.63, 3.8) is 0 Å². The van der Waals surface area contributed by atoms with E-state index in [4.69, 9.17) is 5.73 Å². The Morgan fingerprint density at radius 2 is 2.33 bits per heavy atom. The lowest BCUT2D eigenvalue weighted by Gasteiger charge is -2.19. The Bertz CT molecular complexity index is 518. The molecule has 1 aromatic carbocycles. The number of aryl methyl sites for hydroxylation is 1. The molecular weight excluding hydrogens is 254 g/mol. The zero-order valence-corrected chi connectivity index (χ0v) is 9.87. The lowest BCUT2D eigenvalue weighted by atomic mass is 10.1. The quantitative estimate of drug-likeness (QED) is 0.793. The van der Waals surface area contributed by atoms with Crippen LogP contribution < -0.4 is 5.73 Å². The third-order valence-corrected chi connectivity index (χ3v) is 3.62. The molecule has 1 unspecified atom stereocenters. The van der Waals surface area contributed by atoms with Crippen molar-refractivity contribution in [1.82, 2.24) is 9.55 Å². The van der Waals surface area contributed by atoms with Gasteiger partial charge in [-0.25, -0.2) is 4.98 Å². The number of fused-ring (bicyclic) bond motifs is 3. The van der Waals surface area contributed by atoms with E-state index in [2.05, 4.69) is 37.6 Å². The Labute approximate surface area is 96.4 Å². The molecule has 0 fully saturated rings. The predicted octanol–water partition coefficient (Wildman–Crippen LogP) is 2.07. The van der Waals surface area contributed by atoms with Crippen LogP contribution in [0.4, 0.5) is 0 Å². The molecule has 1 aromatic heterocycles. The zero-order chi connectivity index (χ0) is 10.4. The average Bonchev–Trinajstić information content (AvgIpc) is 2.57. The van der Waals surface area contributed by atoms with Crippen LogP contribution in [0.3, 0.4) is 0 Å². The second kappa shape index (κ2) is 3.32. The van der Waals surface area contributed by atoms with Gasteiger partial charge in [0.05, 0.1) is 5.52 Å². The number of nitrogens with zero attached hydrogens (tertiary/aromatic N) is 2. The summed E-state index contributed by atoms with van der Waals surface area (Å²) in [5.41, 5.74) is 8.22. The third kappa shape index (κ3) is 1.40. The number of benzene rings is 1. The normalized spacial score (nSPS) is 20.5. The summed E-state index contributed by atoms with van der Waals surface area (Å²) in [7, 11) is 0. The monoisotopic (exact) mass is 265 g/mol. The first kappa shape index (κ1) is 9.36. The highest BCUT2D eigenvalue weighted by atomic mass is 79.9. The van der Waals surface area contributed by atoms with Crippen LogP contribution in [-0.4, -0.2) is 15.6 Å². The van der Waals surface area contributed by atoms with E-state index in [0.29, 0.717) is 0 Å². The van der Waals surface area contributed by atoms with Gasteiger partial charge >= 0.3 is 0 Å². The third-order valence-electron chi connectivity index (χ3n) is 2.98. The first-order chi connectivity index (χ1) is 7.25. The second-order valence-electron chi connectivity index (χ2n) is 4.04. The van der Waals surface area contributed by atoms with E-state index in [-0.39, 0.29) is 6.04 Å². The van der Waals surface area contributed by atoms with Crippen LogP contribution in [-0.2, 0) is 13.0 Å². The summed E-state index contributed by atoms with van der Waals surface area (Å²) >= 11 is 3.53. The second-order valence-corrected chi connectivity index (χ2v) is 4.89. The molecule has 4 heteroatoms. The van der Waals surface area contributed by atoms with Crippen LogP contribution in [0.15, 0.2) is 22.7 Å². The molecule has 2 heterocycles. The topological polar surface area (TPSA) is 43.8 Å². The molecule has 0 bridgehead atoms. The summed E-state index contributed by atoms with van der Waals surface area (Å²) < 4.78 is 3.35. The van der Waals surface area contributed by atoms with Gasteiger partial charge in [-0.3, -0.25) is 0 Å². The minimum absolute atomic E-state index is 0.271. The Balaban J connectivity index is 2.27. The molecule has 1 aliphatic rings. The largest absolute Gasteiger partial charge is 0.328 e. The molecule has 15 heavy (non-hydrogen) atoms. The van der Waals surface area contributed by atoms with Gasteiger partial charge in [0.25, 0.3) is 0 Å². The van der Waals surface area contributed by atoms with Crippen LogP contribution in [0.1, 0.15) is 12.2 Å². The van der Waals surface area contributed by atoms with Gasteiger partial charge < -0.3 is 10.3 Å². The number of aromatic nitrogens is 2. The number of hydrogen-bond acceptors (Lipinski definition) is 2. The average molecular weight is 266 g/mol. The SMILES string of the molecule is NC1CCn2c(nc3c(Br)cccc32)C1. The van der Waals surface area contributed by atoms with Crippen molar-refractivity contribution in [2.45, 2.75) is 25.4 Å². The summed E-state index contributed by atoms with van der Waals surface area (Å²) in [5.74, 6) is 1.12. The molecule has 1 atom stereocenters. The van der Waals surface area contributed by atoms with E-state index < -0.39 is 0 Å². The highest BCUT2D eigenvalue weighted by Crippen LogP contribution is 2.27. The van der Waals surface area contributed by atoms with E-state index >= 15 is 0 Å². The van der Waals surface area contributed by atoms with Crippen molar-refractivity contribution in [3.05, 3.63) is 28.5 Å². The number of rotatable bonds is 0. The number of para-hydroxylation sites is 1. The number of imidazole rings is 1. The van der Waals surface area contributed by atoms with E-state index in [0.717, 1.165) is 35.2 Å². The van der Waals surface area contributed by atoms with Gasteiger partial charge in [-0.15, -0.1) is 0 Å². The lowest BCUT2D eigenvalue weighted by molar-refractivity contribution is 0.471. The Morgan fingerprint density at radius 3 is 3.20 bits per heavy atom. The first-order valence-electron chi connectivity index (χ1n) is 5.15. The fraction of sp³-hybridized carbons (Fsp3) is 0.364. The Hall–Kier alpha value is -0.870. The maximum atomic E-state index is 5.94. The first-order valence-corrected chi connectivity index (χ1v) is 5.94. The van der Waals surface area contributed by atoms with Gasteiger partial charge in [-0.05, 0) is 34.5 Å². The van der Waals surface area contributed by atoms with Crippen LogP contribution >= 0.6 is 15.9 Å². The van der Waals surface area contributed by atoms with E-state index in [1.165, 1.54) is 5.52 Å². The van der Waals surface area contributed by atoms with Crippen LogP contribution in [0.25, 0.3) is 11.0 Å².